The van der Waals surface area contributed by atoms with Gasteiger partial charge in [0, 0.05) is 26.8 Å². The monoisotopic (exact) mass is 300 g/mol. The number of aliphatic carboxylic acids is 1. The molecule has 6 heteroatoms. The minimum atomic E-state index is -0.877. The number of carboxylic acid groups (broad SMARTS) is 1. The zero-order valence-electron chi connectivity index (χ0n) is 13.4. The highest BCUT2D eigenvalue weighted by Gasteiger charge is 2.49. The van der Waals surface area contributed by atoms with Crippen LogP contribution in [0.5, 0.6) is 0 Å². The highest BCUT2D eigenvalue weighted by atomic mass is 16.5. The van der Waals surface area contributed by atoms with Gasteiger partial charge in [-0.05, 0) is 32.6 Å². The first-order chi connectivity index (χ1) is 9.99. The molecule has 6 nitrogen and oxygen atoms in total. The summed E-state index contributed by atoms with van der Waals surface area (Å²) in [5.41, 5.74) is -0.877. The number of ether oxygens (including phenoxy) is 1. The van der Waals surface area contributed by atoms with Crippen molar-refractivity contribution in [3.63, 3.8) is 0 Å². The van der Waals surface area contributed by atoms with Crippen molar-refractivity contribution in [3.8, 4) is 0 Å². The summed E-state index contributed by atoms with van der Waals surface area (Å²) in [5, 5.41) is 12.5. The van der Waals surface area contributed by atoms with E-state index in [1.807, 2.05) is 11.8 Å². The molecule has 1 saturated heterocycles. The van der Waals surface area contributed by atoms with Gasteiger partial charge >= 0.3 is 5.97 Å². The maximum atomic E-state index is 12.2. The molecule has 0 saturated carbocycles. The molecule has 2 unspecified atom stereocenters. The lowest BCUT2D eigenvalue weighted by molar-refractivity contribution is -0.153. The van der Waals surface area contributed by atoms with Gasteiger partial charge in [-0.2, -0.15) is 0 Å². The smallest absolute Gasteiger partial charge is 0.324 e. The summed E-state index contributed by atoms with van der Waals surface area (Å²) >= 11 is 0. The molecule has 1 aliphatic heterocycles. The molecule has 1 fully saturated rings. The zero-order valence-corrected chi connectivity index (χ0v) is 13.4. The van der Waals surface area contributed by atoms with E-state index in [0.29, 0.717) is 32.5 Å². The van der Waals surface area contributed by atoms with Crippen molar-refractivity contribution in [3.05, 3.63) is 0 Å². The van der Waals surface area contributed by atoms with E-state index in [9.17, 15) is 14.7 Å². The number of nitrogens with zero attached hydrogens (tertiary/aromatic N) is 1. The van der Waals surface area contributed by atoms with Crippen molar-refractivity contribution in [2.45, 2.75) is 57.5 Å². The Labute approximate surface area is 126 Å². The fourth-order valence-corrected chi connectivity index (χ4v) is 3.20. The summed E-state index contributed by atoms with van der Waals surface area (Å²) < 4.78 is 4.94. The summed E-state index contributed by atoms with van der Waals surface area (Å²) in [6.07, 6.45) is 3.59. The quantitative estimate of drug-likeness (QED) is 0.627. The van der Waals surface area contributed by atoms with Gasteiger partial charge in [0.1, 0.15) is 5.54 Å². The number of rotatable bonds is 9. The van der Waals surface area contributed by atoms with Gasteiger partial charge in [0.15, 0.2) is 0 Å². The van der Waals surface area contributed by atoms with Gasteiger partial charge in [-0.3, -0.25) is 14.5 Å². The van der Waals surface area contributed by atoms with E-state index >= 15 is 0 Å². The average Bonchev–Trinajstić information content (AvgIpc) is 2.88. The second kappa shape index (κ2) is 8.34. The number of likely N-dealkylation sites (tertiary alicyclic amines) is 1. The fourth-order valence-electron chi connectivity index (χ4n) is 3.20. The van der Waals surface area contributed by atoms with Crippen molar-refractivity contribution in [1.29, 1.82) is 0 Å². The van der Waals surface area contributed by atoms with Crippen LogP contribution in [-0.2, 0) is 14.3 Å². The van der Waals surface area contributed by atoms with E-state index in [2.05, 4.69) is 5.32 Å². The Morgan fingerprint density at radius 1 is 1.48 bits per heavy atom. The van der Waals surface area contributed by atoms with Crippen LogP contribution in [0.2, 0.25) is 0 Å². The molecular weight excluding hydrogens is 272 g/mol. The van der Waals surface area contributed by atoms with Crippen LogP contribution < -0.4 is 5.32 Å². The minimum Gasteiger partial charge on any atom is -0.480 e. The number of hydrogen-bond acceptors (Lipinski definition) is 4. The van der Waals surface area contributed by atoms with Crippen molar-refractivity contribution in [2.75, 3.05) is 26.8 Å². The molecule has 2 N–H and O–H groups in total. The predicted octanol–water partition coefficient (Wildman–Crippen LogP) is 1.25. The Kier molecular flexibility index (Phi) is 7.11. The Bertz CT molecular complexity index is 362. The molecule has 0 radical (unpaired) electrons. The van der Waals surface area contributed by atoms with E-state index in [1.54, 1.807) is 14.0 Å². The largest absolute Gasteiger partial charge is 0.480 e. The SMILES string of the molecule is CCCC1(C(=O)O)CCCN1C(C)C(=O)NCCCOC. The second-order valence-corrected chi connectivity index (χ2v) is 5.70. The highest BCUT2D eigenvalue weighted by Crippen LogP contribution is 2.35. The Morgan fingerprint density at radius 3 is 2.76 bits per heavy atom. The molecule has 1 heterocycles. The second-order valence-electron chi connectivity index (χ2n) is 5.70. The van der Waals surface area contributed by atoms with Crippen LogP contribution in [0.3, 0.4) is 0 Å². The molecule has 2 atom stereocenters. The van der Waals surface area contributed by atoms with Crippen LogP contribution in [0, 0.1) is 0 Å². The van der Waals surface area contributed by atoms with Gasteiger partial charge in [-0.25, -0.2) is 0 Å². The summed E-state index contributed by atoms with van der Waals surface area (Å²) in [7, 11) is 1.63. The summed E-state index contributed by atoms with van der Waals surface area (Å²) in [6.45, 7) is 5.60. The van der Waals surface area contributed by atoms with Gasteiger partial charge in [-0.1, -0.05) is 13.3 Å². The molecule has 0 bridgehead atoms. The molecule has 0 aromatic heterocycles. The van der Waals surface area contributed by atoms with Crippen LogP contribution in [0.25, 0.3) is 0 Å². The number of methoxy groups -OCH3 is 1. The third kappa shape index (κ3) is 4.17. The standard InChI is InChI=1S/C15H28N2O4/c1-4-7-15(14(19)20)8-5-10-17(15)12(2)13(18)16-9-6-11-21-3/h12H,4-11H2,1-3H3,(H,16,18)(H,19,20). The molecule has 122 valence electrons. The van der Waals surface area contributed by atoms with Gasteiger partial charge in [0.25, 0.3) is 0 Å². The van der Waals surface area contributed by atoms with Crippen LogP contribution in [0.4, 0.5) is 0 Å². The van der Waals surface area contributed by atoms with Crippen molar-refractivity contribution >= 4 is 11.9 Å². The summed E-state index contributed by atoms with van der Waals surface area (Å²) in [5.74, 6) is -0.907. The first-order valence-electron chi connectivity index (χ1n) is 7.76. The first kappa shape index (κ1) is 17.9. The molecule has 21 heavy (non-hydrogen) atoms. The minimum absolute atomic E-state index is 0.102. The zero-order chi connectivity index (χ0) is 15.9. The Balaban J connectivity index is 2.68. The molecule has 0 aliphatic carbocycles. The molecule has 0 aromatic carbocycles. The van der Waals surface area contributed by atoms with Gasteiger partial charge in [-0.15, -0.1) is 0 Å². The van der Waals surface area contributed by atoms with Crippen LogP contribution in [0.15, 0.2) is 0 Å². The molecule has 0 aromatic rings. The Morgan fingerprint density at radius 2 is 2.19 bits per heavy atom. The lowest BCUT2D eigenvalue weighted by Gasteiger charge is -2.38. The number of carboxylic acids is 1. The lowest BCUT2D eigenvalue weighted by Crippen LogP contribution is -2.57. The third-order valence-corrected chi connectivity index (χ3v) is 4.27. The Hall–Kier alpha value is -1.14. The highest BCUT2D eigenvalue weighted by molar-refractivity contribution is 5.84. The number of nitrogens with one attached hydrogen (secondary N) is 1. The van der Waals surface area contributed by atoms with Crippen LogP contribution in [0.1, 0.15) is 46.0 Å². The van der Waals surface area contributed by atoms with E-state index in [4.69, 9.17) is 4.74 Å². The van der Waals surface area contributed by atoms with Crippen molar-refractivity contribution in [1.82, 2.24) is 10.2 Å². The van der Waals surface area contributed by atoms with E-state index < -0.39 is 17.6 Å². The van der Waals surface area contributed by atoms with Crippen molar-refractivity contribution in [2.24, 2.45) is 0 Å². The number of hydrogen-bond donors (Lipinski definition) is 2. The lowest BCUT2D eigenvalue weighted by atomic mass is 9.89. The number of amides is 1. The number of carbonyl (C=O) groups is 2. The predicted molar refractivity (Wildman–Crippen MR) is 80.2 cm³/mol. The molecular formula is C15H28N2O4. The maximum Gasteiger partial charge on any atom is 0.324 e. The third-order valence-electron chi connectivity index (χ3n) is 4.27. The molecule has 1 rings (SSSR count). The summed E-state index contributed by atoms with van der Waals surface area (Å²) in [6, 6.07) is -0.419. The van der Waals surface area contributed by atoms with E-state index in [-0.39, 0.29) is 5.91 Å². The fraction of sp³-hybridized carbons (Fsp3) is 0.867. The summed E-state index contributed by atoms with van der Waals surface area (Å²) in [4.78, 5) is 25.8. The normalized spacial score (nSPS) is 24.0. The van der Waals surface area contributed by atoms with Gasteiger partial charge in [0.2, 0.25) is 5.91 Å². The number of carbonyl (C=O) groups excluding carboxylic acids is 1. The molecule has 0 spiro atoms. The van der Waals surface area contributed by atoms with Crippen molar-refractivity contribution < 1.29 is 19.4 Å². The topological polar surface area (TPSA) is 78.9 Å². The van der Waals surface area contributed by atoms with Crippen LogP contribution in [-0.4, -0.2) is 60.3 Å². The van der Waals surface area contributed by atoms with Gasteiger partial charge in [0.05, 0.1) is 6.04 Å². The average molecular weight is 300 g/mol. The van der Waals surface area contributed by atoms with Gasteiger partial charge < -0.3 is 15.2 Å². The maximum absolute atomic E-state index is 12.2. The van der Waals surface area contributed by atoms with E-state index in [0.717, 1.165) is 19.3 Å². The van der Waals surface area contributed by atoms with Crippen LogP contribution >= 0.6 is 0 Å². The first-order valence-corrected chi connectivity index (χ1v) is 7.76. The molecule has 1 amide bonds. The molecule has 1 aliphatic rings. The van der Waals surface area contributed by atoms with E-state index in [1.165, 1.54) is 0 Å².